The Bertz CT molecular complexity index is 657. The summed E-state index contributed by atoms with van der Waals surface area (Å²) in [7, 11) is 1.56. The third kappa shape index (κ3) is 2.86. The van der Waals surface area contributed by atoms with Crippen molar-refractivity contribution in [3.8, 4) is 5.75 Å². The van der Waals surface area contributed by atoms with E-state index in [1.54, 1.807) is 32.2 Å². The molecule has 0 aromatic heterocycles. The number of ketones is 3. The van der Waals surface area contributed by atoms with Crippen LogP contribution in [0.15, 0.2) is 35.9 Å². The molecule has 22 heavy (non-hydrogen) atoms. The lowest BCUT2D eigenvalue weighted by Gasteiger charge is -2.34. The van der Waals surface area contributed by atoms with Gasteiger partial charge < -0.3 is 4.74 Å². The maximum Gasteiger partial charge on any atom is 0.166 e. The van der Waals surface area contributed by atoms with Crippen molar-refractivity contribution in [1.29, 1.82) is 0 Å². The van der Waals surface area contributed by atoms with E-state index in [0.29, 0.717) is 11.3 Å². The third-order valence-electron chi connectivity index (χ3n) is 4.24. The van der Waals surface area contributed by atoms with Gasteiger partial charge in [0.25, 0.3) is 0 Å². The van der Waals surface area contributed by atoms with Gasteiger partial charge >= 0.3 is 0 Å². The molecule has 0 fully saturated rings. The molecule has 1 aromatic carbocycles. The first-order chi connectivity index (χ1) is 10.4. The molecule has 0 heterocycles. The van der Waals surface area contributed by atoms with Crippen molar-refractivity contribution in [1.82, 2.24) is 0 Å². The van der Waals surface area contributed by atoms with E-state index in [1.807, 2.05) is 6.07 Å². The van der Waals surface area contributed by atoms with Gasteiger partial charge in [-0.2, -0.15) is 0 Å². The minimum atomic E-state index is -0.815. The van der Waals surface area contributed by atoms with Crippen molar-refractivity contribution in [3.05, 3.63) is 41.5 Å². The Morgan fingerprint density at radius 3 is 2.27 bits per heavy atom. The summed E-state index contributed by atoms with van der Waals surface area (Å²) < 4.78 is 5.22. The molecule has 3 atom stereocenters. The number of benzene rings is 1. The summed E-state index contributed by atoms with van der Waals surface area (Å²) in [5, 5.41) is 0. The van der Waals surface area contributed by atoms with Crippen LogP contribution in [-0.2, 0) is 14.4 Å². The van der Waals surface area contributed by atoms with Gasteiger partial charge in [0.2, 0.25) is 0 Å². The lowest BCUT2D eigenvalue weighted by molar-refractivity contribution is -0.132. The summed E-state index contributed by atoms with van der Waals surface area (Å²) in [6, 6.07) is 7.23. The highest BCUT2D eigenvalue weighted by atomic mass is 16.5. The van der Waals surface area contributed by atoms with E-state index >= 15 is 0 Å². The number of allylic oxidation sites excluding steroid dienone is 2. The van der Waals surface area contributed by atoms with Crippen LogP contribution in [0.2, 0.25) is 0 Å². The number of methoxy groups -OCH3 is 1. The molecule has 0 saturated carbocycles. The van der Waals surface area contributed by atoms with Crippen LogP contribution in [0.5, 0.6) is 5.75 Å². The molecule has 0 aliphatic heterocycles. The molecule has 0 spiro atoms. The van der Waals surface area contributed by atoms with Crippen LogP contribution in [-0.4, -0.2) is 24.5 Å². The molecule has 1 aliphatic carbocycles. The maximum atomic E-state index is 12.3. The van der Waals surface area contributed by atoms with E-state index < -0.39 is 17.8 Å². The molecule has 3 unspecified atom stereocenters. The van der Waals surface area contributed by atoms with Crippen molar-refractivity contribution in [3.63, 3.8) is 0 Å². The SMILES string of the molecule is COc1cccc(C2C(C(C)=O)C(=O)C=C(C)C2C(C)=O)c1. The largest absolute Gasteiger partial charge is 0.497 e. The number of carbonyl (C=O) groups is 3. The molecule has 116 valence electrons. The highest BCUT2D eigenvalue weighted by Crippen LogP contribution is 2.42. The van der Waals surface area contributed by atoms with E-state index in [4.69, 9.17) is 4.74 Å². The minimum Gasteiger partial charge on any atom is -0.497 e. The molecule has 1 aliphatic rings. The molecular formula is C18H20O4. The van der Waals surface area contributed by atoms with Crippen molar-refractivity contribution < 1.29 is 19.1 Å². The molecule has 0 N–H and O–H groups in total. The highest BCUT2D eigenvalue weighted by Gasteiger charge is 2.43. The molecule has 4 nitrogen and oxygen atoms in total. The van der Waals surface area contributed by atoms with Gasteiger partial charge in [-0.1, -0.05) is 17.7 Å². The zero-order chi connectivity index (χ0) is 16.4. The quantitative estimate of drug-likeness (QED) is 0.802. The number of hydrogen-bond acceptors (Lipinski definition) is 4. The first-order valence-corrected chi connectivity index (χ1v) is 7.23. The van der Waals surface area contributed by atoms with E-state index in [-0.39, 0.29) is 17.3 Å². The molecule has 0 bridgehead atoms. The number of Topliss-reactive ketones (excluding diaryl/α,β-unsaturated/α-hetero) is 2. The number of carbonyl (C=O) groups excluding carboxylic acids is 3. The smallest absolute Gasteiger partial charge is 0.166 e. The van der Waals surface area contributed by atoms with E-state index in [0.717, 1.165) is 5.56 Å². The fraction of sp³-hybridized carbons (Fsp3) is 0.389. The van der Waals surface area contributed by atoms with Crippen LogP contribution >= 0.6 is 0 Å². The van der Waals surface area contributed by atoms with Gasteiger partial charge in [0, 0.05) is 11.8 Å². The van der Waals surface area contributed by atoms with Crippen LogP contribution < -0.4 is 4.74 Å². The number of rotatable bonds is 4. The molecule has 0 saturated heterocycles. The topological polar surface area (TPSA) is 60.4 Å². The Kier molecular flexibility index (Phi) is 4.59. The molecule has 0 radical (unpaired) electrons. The summed E-state index contributed by atoms with van der Waals surface area (Å²) in [4.78, 5) is 36.5. The fourth-order valence-electron chi connectivity index (χ4n) is 3.32. The summed E-state index contributed by atoms with van der Waals surface area (Å²) in [6.45, 7) is 4.68. The molecular weight excluding hydrogens is 280 g/mol. The zero-order valence-corrected chi connectivity index (χ0v) is 13.3. The number of ether oxygens (including phenoxy) is 1. The van der Waals surface area contributed by atoms with Gasteiger partial charge in [-0.15, -0.1) is 0 Å². The van der Waals surface area contributed by atoms with Crippen LogP contribution in [0.1, 0.15) is 32.3 Å². The van der Waals surface area contributed by atoms with Crippen LogP contribution in [0.4, 0.5) is 0 Å². The van der Waals surface area contributed by atoms with Crippen molar-refractivity contribution in [2.75, 3.05) is 7.11 Å². The van der Waals surface area contributed by atoms with Crippen LogP contribution in [0, 0.1) is 11.8 Å². The number of hydrogen-bond donors (Lipinski definition) is 0. The second kappa shape index (κ2) is 6.26. The van der Waals surface area contributed by atoms with Crippen LogP contribution in [0.25, 0.3) is 0 Å². The van der Waals surface area contributed by atoms with Gasteiger partial charge in [0.15, 0.2) is 5.78 Å². The summed E-state index contributed by atoms with van der Waals surface area (Å²) in [6.07, 6.45) is 1.44. The Morgan fingerprint density at radius 2 is 1.73 bits per heavy atom. The predicted octanol–water partition coefficient (Wildman–Crippen LogP) is 2.72. The van der Waals surface area contributed by atoms with E-state index in [1.165, 1.54) is 19.9 Å². The second-order valence-electron chi connectivity index (χ2n) is 5.77. The average Bonchev–Trinajstić information content (AvgIpc) is 2.45. The molecule has 1 aromatic rings. The second-order valence-corrected chi connectivity index (χ2v) is 5.77. The van der Waals surface area contributed by atoms with Crippen molar-refractivity contribution in [2.24, 2.45) is 11.8 Å². The van der Waals surface area contributed by atoms with Gasteiger partial charge in [0.05, 0.1) is 13.0 Å². The normalized spacial score (nSPS) is 24.6. The van der Waals surface area contributed by atoms with E-state index in [9.17, 15) is 14.4 Å². The monoisotopic (exact) mass is 300 g/mol. The lowest BCUT2D eigenvalue weighted by Crippen LogP contribution is -2.39. The molecule has 2 rings (SSSR count). The Hall–Kier alpha value is -2.23. The summed E-state index contributed by atoms with van der Waals surface area (Å²) in [5.74, 6) is -1.59. The first kappa shape index (κ1) is 16.1. The Morgan fingerprint density at radius 1 is 1.09 bits per heavy atom. The first-order valence-electron chi connectivity index (χ1n) is 7.23. The predicted molar refractivity (Wildman–Crippen MR) is 82.8 cm³/mol. The standard InChI is InChI=1S/C18H20O4/c1-10-8-15(21)17(12(3)20)18(16(10)11(2)19)13-6-5-7-14(9-13)22-4/h5-9,16-18H,1-4H3. The Balaban J connectivity index is 2.62. The Labute approximate surface area is 130 Å². The third-order valence-corrected chi connectivity index (χ3v) is 4.24. The van der Waals surface area contributed by atoms with Gasteiger partial charge in [-0.25, -0.2) is 0 Å². The van der Waals surface area contributed by atoms with E-state index in [2.05, 4.69) is 0 Å². The zero-order valence-electron chi connectivity index (χ0n) is 13.3. The summed E-state index contributed by atoms with van der Waals surface area (Å²) in [5.41, 5.74) is 1.49. The molecule has 0 amide bonds. The average molecular weight is 300 g/mol. The van der Waals surface area contributed by atoms with Crippen LogP contribution in [0.3, 0.4) is 0 Å². The van der Waals surface area contributed by atoms with Crippen molar-refractivity contribution >= 4 is 17.3 Å². The van der Waals surface area contributed by atoms with Gasteiger partial charge in [-0.05, 0) is 44.5 Å². The lowest BCUT2D eigenvalue weighted by atomic mass is 9.66. The minimum absolute atomic E-state index is 0.0414. The fourth-order valence-corrected chi connectivity index (χ4v) is 3.32. The van der Waals surface area contributed by atoms with Gasteiger partial charge in [-0.3, -0.25) is 14.4 Å². The molecule has 4 heteroatoms. The highest BCUT2D eigenvalue weighted by molar-refractivity contribution is 6.10. The summed E-state index contributed by atoms with van der Waals surface area (Å²) >= 11 is 0. The van der Waals surface area contributed by atoms with Gasteiger partial charge in [0.1, 0.15) is 17.3 Å². The maximum absolute atomic E-state index is 12.3. The van der Waals surface area contributed by atoms with Crippen molar-refractivity contribution in [2.45, 2.75) is 26.7 Å².